The summed E-state index contributed by atoms with van der Waals surface area (Å²) in [5.74, 6) is -0.922. The molecule has 0 aliphatic heterocycles. The number of ether oxygens (including phenoxy) is 3. The van der Waals surface area contributed by atoms with Gasteiger partial charge in [0.05, 0.1) is 0 Å². The Morgan fingerprint density at radius 2 is 0.470 bits per heavy atom. The maximum Gasteiger partial charge on any atom is 0.306 e. The molecule has 6 nitrogen and oxygen atoms in total. The predicted molar refractivity (Wildman–Crippen MR) is 362 cm³/mol. The molecule has 0 aromatic carbocycles. The van der Waals surface area contributed by atoms with Gasteiger partial charge in [-0.05, 0) is 135 Å². The van der Waals surface area contributed by atoms with Crippen molar-refractivity contribution in [1.29, 1.82) is 0 Å². The molecule has 0 aliphatic carbocycles. The van der Waals surface area contributed by atoms with Crippen LogP contribution in [0.1, 0.15) is 316 Å². The Morgan fingerprint density at radius 1 is 0.253 bits per heavy atom. The van der Waals surface area contributed by atoms with Gasteiger partial charge in [0.2, 0.25) is 0 Å². The van der Waals surface area contributed by atoms with Gasteiger partial charge in [-0.25, -0.2) is 0 Å². The van der Waals surface area contributed by atoms with Crippen LogP contribution in [-0.4, -0.2) is 37.2 Å². The van der Waals surface area contributed by atoms with E-state index in [0.29, 0.717) is 19.3 Å². The highest BCUT2D eigenvalue weighted by Crippen LogP contribution is 2.16. The number of hydrogen-bond acceptors (Lipinski definition) is 6. The number of hydrogen-bond donors (Lipinski definition) is 0. The molecule has 0 N–H and O–H groups in total. The van der Waals surface area contributed by atoms with Gasteiger partial charge in [0.15, 0.2) is 6.10 Å². The molecular formula is C77H128O6. The van der Waals surface area contributed by atoms with Crippen LogP contribution in [0, 0.1) is 0 Å². The van der Waals surface area contributed by atoms with Crippen LogP contribution < -0.4 is 0 Å². The van der Waals surface area contributed by atoms with E-state index in [-0.39, 0.29) is 31.1 Å². The molecule has 0 aliphatic rings. The van der Waals surface area contributed by atoms with Crippen molar-refractivity contribution >= 4 is 17.9 Å². The first-order valence-electron chi connectivity index (χ1n) is 34.7. The van der Waals surface area contributed by atoms with Crippen LogP contribution in [0.25, 0.3) is 0 Å². The van der Waals surface area contributed by atoms with Crippen molar-refractivity contribution in [3.05, 3.63) is 134 Å². The predicted octanol–water partition coefficient (Wildman–Crippen LogP) is 24.1. The topological polar surface area (TPSA) is 78.9 Å². The highest BCUT2D eigenvalue weighted by molar-refractivity contribution is 5.71. The normalized spacial score (nSPS) is 13.0. The summed E-state index contributed by atoms with van der Waals surface area (Å²) in [5, 5.41) is 0. The molecule has 0 saturated heterocycles. The minimum atomic E-state index is -0.801. The Balaban J connectivity index is 4.35. The molecule has 83 heavy (non-hydrogen) atoms. The van der Waals surface area contributed by atoms with E-state index in [0.717, 1.165) is 148 Å². The maximum atomic E-state index is 12.9. The second kappa shape index (κ2) is 70.0. The Kier molecular flexibility index (Phi) is 66.3. The van der Waals surface area contributed by atoms with Gasteiger partial charge in [0.25, 0.3) is 0 Å². The average Bonchev–Trinajstić information content (AvgIpc) is 3.49. The molecule has 0 aromatic rings. The number of esters is 3. The van der Waals surface area contributed by atoms with Crippen LogP contribution in [0.4, 0.5) is 0 Å². The second-order valence-corrected chi connectivity index (χ2v) is 22.7. The van der Waals surface area contributed by atoms with Gasteiger partial charge in [-0.3, -0.25) is 14.4 Å². The van der Waals surface area contributed by atoms with E-state index in [4.69, 9.17) is 14.2 Å². The van der Waals surface area contributed by atoms with E-state index in [1.807, 2.05) is 0 Å². The lowest BCUT2D eigenvalue weighted by Gasteiger charge is -2.18. The molecule has 0 aromatic heterocycles. The Labute approximate surface area is 513 Å². The lowest BCUT2D eigenvalue weighted by Crippen LogP contribution is -2.30. The zero-order chi connectivity index (χ0) is 59.9. The summed E-state index contributed by atoms with van der Waals surface area (Å²) < 4.78 is 17.0. The van der Waals surface area contributed by atoms with E-state index in [2.05, 4.69) is 154 Å². The van der Waals surface area contributed by atoms with Crippen molar-refractivity contribution in [2.24, 2.45) is 0 Å². The molecule has 0 rings (SSSR count). The summed E-state index contributed by atoms with van der Waals surface area (Å²) in [4.78, 5) is 38.4. The van der Waals surface area contributed by atoms with Crippen molar-refractivity contribution in [2.45, 2.75) is 322 Å². The van der Waals surface area contributed by atoms with Crippen LogP contribution in [0.15, 0.2) is 134 Å². The zero-order valence-electron chi connectivity index (χ0n) is 54.2. The summed E-state index contributed by atoms with van der Waals surface area (Å²) in [6, 6.07) is 0. The Hall–Kier alpha value is -4.45. The van der Waals surface area contributed by atoms with Gasteiger partial charge >= 0.3 is 17.9 Å². The standard InChI is InChI=1S/C77H128O6/c1-4-7-10-13-16-19-22-25-28-31-33-34-35-36-37-38-39-40-41-42-44-46-49-52-55-58-61-64-67-70-76(79)82-73-74(72-81-75(78)69-66-63-60-57-54-51-48-45-30-27-24-21-18-15-12-9-6-3)83-77(80)71-68-65-62-59-56-53-50-47-43-32-29-26-23-20-17-14-11-8-5-2/h7,9-10,12,16-21,25-30,33-34,43,47-48,51,74H,4-6,8,11,13-15,22-24,31-32,35-42,44-46,49-50,52-73H2,1-3H3/b10-7-,12-9-,19-16-,20-17-,21-18-,28-25-,29-26-,30-27-,34-33-,47-43-,51-48-. The third-order valence-electron chi connectivity index (χ3n) is 14.6. The Morgan fingerprint density at radius 3 is 0.735 bits per heavy atom. The first-order chi connectivity index (χ1) is 41.0. The minimum absolute atomic E-state index is 0.0931. The molecule has 0 radical (unpaired) electrons. The van der Waals surface area contributed by atoms with Crippen molar-refractivity contribution in [3.8, 4) is 0 Å². The summed E-state index contributed by atoms with van der Waals surface area (Å²) in [6.45, 7) is 6.38. The highest BCUT2D eigenvalue weighted by atomic mass is 16.6. The lowest BCUT2D eigenvalue weighted by molar-refractivity contribution is -0.167. The third-order valence-corrected chi connectivity index (χ3v) is 14.6. The van der Waals surface area contributed by atoms with E-state index in [9.17, 15) is 14.4 Å². The van der Waals surface area contributed by atoms with Crippen molar-refractivity contribution < 1.29 is 28.6 Å². The summed E-state index contributed by atoms with van der Waals surface area (Å²) in [5.41, 5.74) is 0. The van der Waals surface area contributed by atoms with Crippen molar-refractivity contribution in [1.82, 2.24) is 0 Å². The van der Waals surface area contributed by atoms with Crippen LogP contribution >= 0.6 is 0 Å². The SMILES string of the molecule is CC/C=C\C/C=C\C/C=C\C/C=C\CCCCCCCCCCCCCCCCCCC(=O)OCC(COC(=O)CCCCCC/C=C\C/C=C\C/C=C\C/C=C\CC)OC(=O)CCCCCCCC/C=C\C/C=C\C/C=C\CCCCC. The number of allylic oxidation sites excluding steroid dienone is 22. The fraction of sp³-hybridized carbons (Fsp3) is 0.675. The van der Waals surface area contributed by atoms with E-state index >= 15 is 0 Å². The monoisotopic (exact) mass is 1150 g/mol. The smallest absolute Gasteiger partial charge is 0.306 e. The molecule has 1 unspecified atom stereocenters. The van der Waals surface area contributed by atoms with E-state index in [1.54, 1.807) is 0 Å². The maximum absolute atomic E-state index is 12.9. The molecule has 1 atom stereocenters. The molecule has 0 heterocycles. The largest absolute Gasteiger partial charge is 0.462 e. The molecule has 0 bridgehead atoms. The van der Waals surface area contributed by atoms with E-state index in [1.165, 1.54) is 128 Å². The molecule has 0 spiro atoms. The van der Waals surface area contributed by atoms with Gasteiger partial charge in [-0.2, -0.15) is 0 Å². The van der Waals surface area contributed by atoms with Crippen LogP contribution in [0.2, 0.25) is 0 Å². The number of carbonyl (C=O) groups excluding carboxylic acids is 3. The van der Waals surface area contributed by atoms with Gasteiger partial charge in [0.1, 0.15) is 13.2 Å². The van der Waals surface area contributed by atoms with Gasteiger partial charge < -0.3 is 14.2 Å². The molecule has 0 saturated carbocycles. The first-order valence-corrected chi connectivity index (χ1v) is 34.7. The van der Waals surface area contributed by atoms with Gasteiger partial charge in [0, 0.05) is 19.3 Å². The first kappa shape index (κ1) is 78.5. The summed E-state index contributed by atoms with van der Waals surface area (Å²) in [6.07, 6.45) is 99.0. The third kappa shape index (κ3) is 68.2. The average molecular weight is 1150 g/mol. The summed E-state index contributed by atoms with van der Waals surface area (Å²) in [7, 11) is 0. The van der Waals surface area contributed by atoms with Crippen LogP contribution in [0.5, 0.6) is 0 Å². The molecule has 0 amide bonds. The van der Waals surface area contributed by atoms with Crippen molar-refractivity contribution in [3.63, 3.8) is 0 Å². The quantitative estimate of drug-likeness (QED) is 0.0261. The molecule has 0 fully saturated rings. The summed E-state index contributed by atoms with van der Waals surface area (Å²) >= 11 is 0. The van der Waals surface area contributed by atoms with Gasteiger partial charge in [-0.15, -0.1) is 0 Å². The number of rotatable bonds is 62. The van der Waals surface area contributed by atoms with Crippen molar-refractivity contribution in [2.75, 3.05) is 13.2 Å². The zero-order valence-corrected chi connectivity index (χ0v) is 54.2. The fourth-order valence-corrected chi connectivity index (χ4v) is 9.49. The van der Waals surface area contributed by atoms with Crippen LogP contribution in [0.3, 0.4) is 0 Å². The van der Waals surface area contributed by atoms with Gasteiger partial charge in [-0.1, -0.05) is 296 Å². The van der Waals surface area contributed by atoms with E-state index < -0.39 is 6.10 Å². The fourth-order valence-electron chi connectivity index (χ4n) is 9.49. The Bertz CT molecular complexity index is 1750. The van der Waals surface area contributed by atoms with Crippen LogP contribution in [-0.2, 0) is 28.6 Å². The molecular weight excluding hydrogens is 1020 g/mol. The minimum Gasteiger partial charge on any atom is -0.462 e. The number of carbonyl (C=O) groups is 3. The molecule has 6 heteroatoms. The molecule has 472 valence electrons. The lowest BCUT2D eigenvalue weighted by atomic mass is 10.0. The number of unbranched alkanes of at least 4 members (excludes halogenated alkanes) is 29. The second-order valence-electron chi connectivity index (χ2n) is 22.7. The highest BCUT2D eigenvalue weighted by Gasteiger charge is 2.19.